The predicted octanol–water partition coefficient (Wildman–Crippen LogP) is 1.63. The number of hydrogen-bond acceptors (Lipinski definition) is 4. The Balaban J connectivity index is 2.24. The zero-order valence-corrected chi connectivity index (χ0v) is 11.2. The Morgan fingerprint density at radius 3 is 2.83 bits per heavy atom. The Bertz CT molecular complexity index is 481. The topological polar surface area (TPSA) is 67.2 Å². The third-order valence-corrected chi connectivity index (χ3v) is 3.81. The molecule has 0 unspecified atom stereocenters. The molecule has 2 rings (SSSR count). The lowest BCUT2D eigenvalue weighted by Crippen LogP contribution is -2.33. The van der Waals surface area contributed by atoms with Gasteiger partial charge in [0, 0.05) is 5.54 Å². The van der Waals surface area contributed by atoms with Crippen LogP contribution in [-0.4, -0.2) is 27.0 Å². The summed E-state index contributed by atoms with van der Waals surface area (Å²) in [5, 5.41) is 16.3. The summed E-state index contributed by atoms with van der Waals surface area (Å²) in [6.45, 7) is 2.17. The van der Waals surface area contributed by atoms with Crippen LogP contribution in [0.2, 0.25) is 5.02 Å². The zero-order chi connectivity index (χ0) is 13.2. The van der Waals surface area contributed by atoms with Crippen molar-refractivity contribution in [2.24, 2.45) is 0 Å². The third-order valence-electron chi connectivity index (χ3n) is 3.44. The molecule has 0 bridgehead atoms. The summed E-state index contributed by atoms with van der Waals surface area (Å²) in [4.78, 5) is 11.9. The highest BCUT2D eigenvalue weighted by molar-refractivity contribution is 6.32. The Hall–Kier alpha value is -1.07. The molecule has 100 valence electrons. The molecule has 0 spiro atoms. The molecule has 1 aromatic rings. The molecule has 1 aliphatic rings. The Morgan fingerprint density at radius 1 is 1.56 bits per heavy atom. The second-order valence-electron chi connectivity index (χ2n) is 5.02. The van der Waals surface area contributed by atoms with Gasteiger partial charge in [-0.05, 0) is 19.8 Å². The van der Waals surface area contributed by atoms with E-state index in [0.717, 1.165) is 12.8 Å². The molecule has 0 radical (unpaired) electrons. The molecule has 1 aliphatic carbocycles. The van der Waals surface area contributed by atoms with Gasteiger partial charge in [0.2, 0.25) is 0 Å². The number of halogens is 1. The predicted molar refractivity (Wildman–Crippen MR) is 71.1 cm³/mol. The van der Waals surface area contributed by atoms with Crippen LogP contribution in [0.3, 0.4) is 0 Å². The summed E-state index contributed by atoms with van der Waals surface area (Å²) >= 11 is 6.06. The Morgan fingerprint density at radius 2 is 2.22 bits per heavy atom. The first-order valence-electron chi connectivity index (χ1n) is 6.20. The molecule has 1 saturated carbocycles. The van der Waals surface area contributed by atoms with Gasteiger partial charge < -0.3 is 10.4 Å². The molecule has 0 atom stereocenters. The first kappa shape index (κ1) is 13.4. The molecular weight excluding hydrogens is 254 g/mol. The standard InChI is InChI=1S/C12H18ClN3O2/c1-12(4-2-3-5-12)15-9-8-14-16(6-7-17)11(18)10(9)13/h8,15,17H,2-7H2,1H3. The highest BCUT2D eigenvalue weighted by Crippen LogP contribution is 2.33. The number of aliphatic hydroxyl groups excluding tert-OH is 1. The van der Waals surface area contributed by atoms with E-state index in [1.54, 1.807) is 6.20 Å². The molecule has 5 nitrogen and oxygen atoms in total. The maximum atomic E-state index is 11.9. The van der Waals surface area contributed by atoms with Crippen LogP contribution >= 0.6 is 11.6 Å². The van der Waals surface area contributed by atoms with Crippen molar-refractivity contribution in [2.75, 3.05) is 11.9 Å². The van der Waals surface area contributed by atoms with Crippen molar-refractivity contribution in [2.45, 2.75) is 44.7 Å². The lowest BCUT2D eigenvalue weighted by atomic mass is 10.0. The van der Waals surface area contributed by atoms with Gasteiger partial charge in [0.1, 0.15) is 5.02 Å². The van der Waals surface area contributed by atoms with Crippen LogP contribution in [0.25, 0.3) is 0 Å². The number of nitrogens with zero attached hydrogens (tertiary/aromatic N) is 2. The van der Waals surface area contributed by atoms with E-state index in [2.05, 4.69) is 17.3 Å². The van der Waals surface area contributed by atoms with E-state index in [0.29, 0.717) is 5.69 Å². The fourth-order valence-corrected chi connectivity index (χ4v) is 2.61. The fourth-order valence-electron chi connectivity index (χ4n) is 2.41. The maximum Gasteiger partial charge on any atom is 0.287 e. The summed E-state index contributed by atoms with van der Waals surface area (Å²) in [7, 11) is 0. The molecule has 0 saturated heterocycles. The van der Waals surface area contributed by atoms with E-state index in [4.69, 9.17) is 16.7 Å². The quantitative estimate of drug-likeness (QED) is 0.874. The third kappa shape index (κ3) is 2.67. The van der Waals surface area contributed by atoms with Gasteiger partial charge in [0.25, 0.3) is 5.56 Å². The number of nitrogens with one attached hydrogen (secondary N) is 1. The lowest BCUT2D eigenvalue weighted by Gasteiger charge is -2.27. The van der Waals surface area contributed by atoms with Gasteiger partial charge in [0.05, 0.1) is 25.0 Å². The average molecular weight is 272 g/mol. The SMILES string of the molecule is CC1(Nc2cnn(CCO)c(=O)c2Cl)CCCC1. The molecule has 1 fully saturated rings. The summed E-state index contributed by atoms with van der Waals surface area (Å²) in [5.41, 5.74) is 0.221. The van der Waals surface area contributed by atoms with Gasteiger partial charge in [-0.15, -0.1) is 0 Å². The van der Waals surface area contributed by atoms with Crippen molar-refractivity contribution in [3.8, 4) is 0 Å². The van der Waals surface area contributed by atoms with Gasteiger partial charge in [-0.1, -0.05) is 24.4 Å². The van der Waals surface area contributed by atoms with E-state index < -0.39 is 0 Å². The van der Waals surface area contributed by atoms with E-state index in [9.17, 15) is 4.79 Å². The molecule has 6 heteroatoms. The van der Waals surface area contributed by atoms with Crippen molar-refractivity contribution in [3.63, 3.8) is 0 Å². The van der Waals surface area contributed by atoms with Gasteiger partial charge in [-0.2, -0.15) is 5.10 Å². The zero-order valence-electron chi connectivity index (χ0n) is 10.4. The highest BCUT2D eigenvalue weighted by Gasteiger charge is 2.29. The van der Waals surface area contributed by atoms with Crippen molar-refractivity contribution in [1.82, 2.24) is 9.78 Å². The molecule has 0 aliphatic heterocycles. The van der Waals surface area contributed by atoms with Gasteiger partial charge >= 0.3 is 0 Å². The van der Waals surface area contributed by atoms with E-state index >= 15 is 0 Å². The molecule has 18 heavy (non-hydrogen) atoms. The monoisotopic (exact) mass is 271 g/mol. The smallest absolute Gasteiger partial charge is 0.287 e. The minimum absolute atomic E-state index is 0.000915. The van der Waals surface area contributed by atoms with E-state index in [-0.39, 0.29) is 29.3 Å². The Labute approximate surface area is 111 Å². The van der Waals surface area contributed by atoms with Gasteiger partial charge in [-0.3, -0.25) is 4.79 Å². The average Bonchev–Trinajstić information content (AvgIpc) is 2.76. The van der Waals surface area contributed by atoms with Crippen molar-refractivity contribution in [1.29, 1.82) is 0 Å². The first-order chi connectivity index (χ1) is 8.56. The van der Waals surface area contributed by atoms with Crippen LogP contribution < -0.4 is 10.9 Å². The second kappa shape index (κ2) is 5.28. The Kier molecular flexibility index (Phi) is 3.92. The summed E-state index contributed by atoms with van der Waals surface area (Å²) in [5.74, 6) is 0. The van der Waals surface area contributed by atoms with Gasteiger partial charge in [-0.25, -0.2) is 4.68 Å². The van der Waals surface area contributed by atoms with Crippen LogP contribution in [0, 0.1) is 0 Å². The van der Waals surface area contributed by atoms with Crippen LogP contribution in [0.4, 0.5) is 5.69 Å². The van der Waals surface area contributed by atoms with Gasteiger partial charge in [0.15, 0.2) is 0 Å². The molecule has 2 N–H and O–H groups in total. The minimum atomic E-state index is -0.364. The highest BCUT2D eigenvalue weighted by atomic mass is 35.5. The van der Waals surface area contributed by atoms with Crippen LogP contribution in [-0.2, 0) is 6.54 Å². The molecular formula is C12H18ClN3O2. The summed E-state index contributed by atoms with van der Waals surface area (Å²) in [6, 6.07) is 0. The molecule has 0 amide bonds. The normalized spacial score (nSPS) is 17.9. The van der Waals surface area contributed by atoms with Crippen molar-refractivity contribution < 1.29 is 5.11 Å². The lowest BCUT2D eigenvalue weighted by molar-refractivity contribution is 0.266. The van der Waals surface area contributed by atoms with Crippen molar-refractivity contribution >= 4 is 17.3 Å². The largest absolute Gasteiger partial charge is 0.394 e. The van der Waals surface area contributed by atoms with E-state index in [1.807, 2.05) is 0 Å². The molecule has 0 aromatic carbocycles. The van der Waals surface area contributed by atoms with Crippen LogP contribution in [0.15, 0.2) is 11.0 Å². The summed E-state index contributed by atoms with van der Waals surface area (Å²) in [6.07, 6.45) is 6.08. The number of aromatic nitrogens is 2. The molecule has 1 heterocycles. The first-order valence-corrected chi connectivity index (χ1v) is 6.58. The van der Waals surface area contributed by atoms with Crippen molar-refractivity contribution in [3.05, 3.63) is 21.6 Å². The van der Waals surface area contributed by atoms with Crippen LogP contribution in [0.5, 0.6) is 0 Å². The second-order valence-corrected chi connectivity index (χ2v) is 5.39. The maximum absolute atomic E-state index is 11.9. The number of aliphatic hydroxyl groups is 1. The number of hydrogen-bond donors (Lipinski definition) is 2. The minimum Gasteiger partial charge on any atom is -0.394 e. The fraction of sp³-hybridized carbons (Fsp3) is 0.667. The molecule has 1 aromatic heterocycles. The number of anilines is 1. The van der Waals surface area contributed by atoms with Crippen LogP contribution in [0.1, 0.15) is 32.6 Å². The summed E-state index contributed by atoms with van der Waals surface area (Å²) < 4.78 is 1.17. The number of rotatable bonds is 4. The van der Waals surface area contributed by atoms with E-state index in [1.165, 1.54) is 17.5 Å².